The molecule has 1 aliphatic rings. The van der Waals surface area contributed by atoms with Gasteiger partial charge in [0.2, 0.25) is 0 Å². The number of unbranched alkanes of at least 4 members (excludes halogenated alkanes) is 3. The Hall–Kier alpha value is -0.950. The highest BCUT2D eigenvalue weighted by molar-refractivity contribution is 7.99. The van der Waals surface area contributed by atoms with Crippen molar-refractivity contribution in [2.75, 3.05) is 52.0 Å². The number of rotatable bonds is 12. The third kappa shape index (κ3) is 7.05. The smallest absolute Gasteiger partial charge is 0.161 e. The number of hydrogen-bond acceptors (Lipinski definition) is 6. The summed E-state index contributed by atoms with van der Waals surface area (Å²) >= 11 is 2.04. The molecule has 2 rings (SSSR count). The van der Waals surface area contributed by atoms with E-state index >= 15 is 0 Å². The Kier molecular flexibility index (Phi) is 9.47. The van der Waals surface area contributed by atoms with Crippen LogP contribution < -0.4 is 14.8 Å². The molecule has 0 spiro atoms. The number of thioether (sulfide) groups is 1. The van der Waals surface area contributed by atoms with Crippen LogP contribution in [-0.2, 0) is 0 Å². The second kappa shape index (κ2) is 11.6. The van der Waals surface area contributed by atoms with Crippen LogP contribution in [0.25, 0.3) is 0 Å². The molecule has 1 aliphatic heterocycles. The molecule has 142 valence electrons. The van der Waals surface area contributed by atoms with Gasteiger partial charge in [0.05, 0.1) is 20.3 Å². The standard InChI is InChI=1S/C19H32N2O3S/c1-23-18-8-7-16(13-19(18)24-2)17(22)14-20-9-5-3-4-6-10-21-11-12-25-15-21/h7-8,13,17,20,22H,3-6,9-12,14-15H2,1-2H3. The average Bonchev–Trinajstić information content (AvgIpc) is 3.16. The van der Waals surface area contributed by atoms with Crippen LogP contribution in [0.5, 0.6) is 11.5 Å². The van der Waals surface area contributed by atoms with Crippen molar-refractivity contribution in [3.05, 3.63) is 23.8 Å². The van der Waals surface area contributed by atoms with Crippen molar-refractivity contribution in [3.8, 4) is 11.5 Å². The van der Waals surface area contributed by atoms with E-state index in [1.54, 1.807) is 14.2 Å². The molecule has 1 fully saturated rings. The van der Waals surface area contributed by atoms with Gasteiger partial charge in [-0.1, -0.05) is 18.9 Å². The summed E-state index contributed by atoms with van der Waals surface area (Å²) in [5, 5.41) is 13.6. The minimum absolute atomic E-state index is 0.535. The van der Waals surface area contributed by atoms with Crippen LogP contribution in [0.15, 0.2) is 18.2 Å². The SMILES string of the molecule is COc1ccc(C(O)CNCCCCCCN2CCSC2)cc1OC. The van der Waals surface area contributed by atoms with E-state index in [4.69, 9.17) is 9.47 Å². The third-order valence-corrected chi connectivity index (χ3v) is 5.55. The van der Waals surface area contributed by atoms with Crippen LogP contribution >= 0.6 is 11.8 Å². The van der Waals surface area contributed by atoms with E-state index in [1.165, 1.54) is 44.0 Å². The van der Waals surface area contributed by atoms with Crippen LogP contribution in [0, 0.1) is 0 Å². The molecule has 1 heterocycles. The Balaban J connectivity index is 1.55. The fourth-order valence-corrected chi connectivity index (χ4v) is 4.02. The summed E-state index contributed by atoms with van der Waals surface area (Å²) in [6.07, 6.45) is 4.47. The molecule has 0 amide bonds. The predicted octanol–water partition coefficient (Wildman–Crippen LogP) is 2.89. The Labute approximate surface area is 156 Å². The number of benzene rings is 1. The van der Waals surface area contributed by atoms with Gasteiger partial charge in [0, 0.05) is 24.7 Å². The molecule has 0 radical (unpaired) electrons. The first-order valence-corrected chi connectivity index (χ1v) is 10.3. The number of aliphatic hydroxyl groups excluding tert-OH is 1. The first-order chi connectivity index (χ1) is 12.2. The summed E-state index contributed by atoms with van der Waals surface area (Å²) in [5.74, 6) is 3.84. The van der Waals surface area contributed by atoms with Crippen molar-refractivity contribution in [3.63, 3.8) is 0 Å². The molecular weight excluding hydrogens is 336 g/mol. The molecule has 0 saturated carbocycles. The quantitative estimate of drug-likeness (QED) is 0.553. The maximum Gasteiger partial charge on any atom is 0.161 e. The molecule has 1 aromatic rings. The molecule has 0 bridgehead atoms. The van der Waals surface area contributed by atoms with Crippen molar-refractivity contribution in [1.29, 1.82) is 0 Å². The lowest BCUT2D eigenvalue weighted by atomic mass is 10.1. The zero-order valence-corrected chi connectivity index (χ0v) is 16.3. The Morgan fingerprint density at radius 2 is 1.96 bits per heavy atom. The summed E-state index contributed by atoms with van der Waals surface area (Å²) in [7, 11) is 3.22. The van der Waals surface area contributed by atoms with Gasteiger partial charge < -0.3 is 19.9 Å². The number of nitrogens with one attached hydrogen (secondary N) is 1. The van der Waals surface area contributed by atoms with Gasteiger partial charge in [-0.15, -0.1) is 11.8 Å². The molecule has 0 aromatic heterocycles. The molecule has 1 aromatic carbocycles. The maximum absolute atomic E-state index is 10.3. The molecular formula is C19H32N2O3S. The van der Waals surface area contributed by atoms with Gasteiger partial charge in [0.15, 0.2) is 11.5 Å². The van der Waals surface area contributed by atoms with Crippen molar-refractivity contribution in [2.24, 2.45) is 0 Å². The number of ether oxygens (including phenoxy) is 2. The van der Waals surface area contributed by atoms with Gasteiger partial charge in [-0.3, -0.25) is 4.90 Å². The van der Waals surface area contributed by atoms with Crippen LogP contribution in [0.2, 0.25) is 0 Å². The van der Waals surface area contributed by atoms with Gasteiger partial charge in [-0.25, -0.2) is 0 Å². The summed E-state index contributed by atoms with van der Waals surface area (Å²) in [6.45, 7) is 4.02. The second-order valence-electron chi connectivity index (χ2n) is 6.40. The Morgan fingerprint density at radius 1 is 1.16 bits per heavy atom. The normalized spacial score (nSPS) is 16.1. The number of nitrogens with zero attached hydrogens (tertiary/aromatic N) is 1. The van der Waals surface area contributed by atoms with Gasteiger partial charge in [0.1, 0.15) is 0 Å². The summed E-state index contributed by atoms with van der Waals surface area (Å²) in [4.78, 5) is 2.54. The van der Waals surface area contributed by atoms with E-state index in [9.17, 15) is 5.11 Å². The number of aliphatic hydroxyl groups is 1. The summed E-state index contributed by atoms with van der Waals surface area (Å²) in [6, 6.07) is 5.54. The van der Waals surface area contributed by atoms with E-state index < -0.39 is 6.10 Å². The fourth-order valence-electron chi connectivity index (χ4n) is 2.98. The first-order valence-electron chi connectivity index (χ1n) is 9.15. The molecule has 25 heavy (non-hydrogen) atoms. The van der Waals surface area contributed by atoms with E-state index in [1.807, 2.05) is 30.0 Å². The van der Waals surface area contributed by atoms with Gasteiger partial charge in [-0.05, 0) is 43.6 Å². The van der Waals surface area contributed by atoms with Crippen LogP contribution in [-0.4, -0.2) is 62.0 Å². The van der Waals surface area contributed by atoms with E-state index in [0.29, 0.717) is 18.0 Å². The largest absolute Gasteiger partial charge is 0.493 e. The molecule has 1 unspecified atom stereocenters. The van der Waals surface area contributed by atoms with Gasteiger partial charge in [0.25, 0.3) is 0 Å². The molecule has 0 aliphatic carbocycles. The van der Waals surface area contributed by atoms with Gasteiger partial charge in [-0.2, -0.15) is 0 Å². The van der Waals surface area contributed by atoms with Crippen molar-refractivity contribution in [1.82, 2.24) is 10.2 Å². The lowest BCUT2D eigenvalue weighted by Gasteiger charge is -2.15. The zero-order valence-electron chi connectivity index (χ0n) is 15.5. The Bertz CT molecular complexity index is 496. The number of hydrogen-bond donors (Lipinski definition) is 2. The van der Waals surface area contributed by atoms with E-state index in [0.717, 1.165) is 18.5 Å². The van der Waals surface area contributed by atoms with E-state index in [-0.39, 0.29) is 0 Å². The van der Waals surface area contributed by atoms with Crippen molar-refractivity contribution >= 4 is 11.8 Å². The lowest BCUT2D eigenvalue weighted by Crippen LogP contribution is -2.23. The molecule has 6 heteroatoms. The highest BCUT2D eigenvalue weighted by Gasteiger charge is 2.12. The van der Waals surface area contributed by atoms with Crippen molar-refractivity contribution in [2.45, 2.75) is 31.8 Å². The average molecular weight is 369 g/mol. The Morgan fingerprint density at radius 3 is 2.68 bits per heavy atom. The van der Waals surface area contributed by atoms with Crippen molar-refractivity contribution < 1.29 is 14.6 Å². The molecule has 2 N–H and O–H groups in total. The van der Waals surface area contributed by atoms with Crippen LogP contribution in [0.1, 0.15) is 37.4 Å². The molecule has 1 saturated heterocycles. The number of methoxy groups -OCH3 is 2. The molecule has 1 atom stereocenters. The molecule has 5 nitrogen and oxygen atoms in total. The third-order valence-electron chi connectivity index (χ3n) is 4.53. The predicted molar refractivity (Wildman–Crippen MR) is 105 cm³/mol. The van der Waals surface area contributed by atoms with E-state index in [2.05, 4.69) is 10.2 Å². The second-order valence-corrected chi connectivity index (χ2v) is 7.48. The zero-order chi connectivity index (χ0) is 17.9. The monoisotopic (exact) mass is 368 g/mol. The van der Waals surface area contributed by atoms with Crippen LogP contribution in [0.3, 0.4) is 0 Å². The first kappa shape index (κ1) is 20.4. The van der Waals surface area contributed by atoms with Gasteiger partial charge >= 0.3 is 0 Å². The summed E-state index contributed by atoms with van der Waals surface area (Å²) in [5.41, 5.74) is 0.841. The topological polar surface area (TPSA) is 54.0 Å². The maximum atomic E-state index is 10.3. The van der Waals surface area contributed by atoms with Crippen LogP contribution in [0.4, 0.5) is 0 Å². The fraction of sp³-hybridized carbons (Fsp3) is 0.684. The lowest BCUT2D eigenvalue weighted by molar-refractivity contribution is 0.174. The highest BCUT2D eigenvalue weighted by atomic mass is 32.2. The minimum atomic E-state index is -0.535. The highest BCUT2D eigenvalue weighted by Crippen LogP contribution is 2.29. The minimum Gasteiger partial charge on any atom is -0.493 e. The summed E-state index contributed by atoms with van der Waals surface area (Å²) < 4.78 is 10.5.